The van der Waals surface area contributed by atoms with E-state index in [1.807, 2.05) is 12.1 Å². The van der Waals surface area contributed by atoms with E-state index in [0.29, 0.717) is 6.61 Å². The first-order valence-corrected chi connectivity index (χ1v) is 7.30. The second-order valence-corrected chi connectivity index (χ2v) is 4.91. The minimum Gasteiger partial charge on any atom is -0.497 e. The average molecular weight is 280 g/mol. The van der Waals surface area contributed by atoms with Crippen LogP contribution >= 0.6 is 0 Å². The number of rotatable bonds is 9. The van der Waals surface area contributed by atoms with Gasteiger partial charge in [0.2, 0.25) is 0 Å². The molecular weight excluding hydrogens is 252 g/mol. The molecule has 0 spiro atoms. The van der Waals surface area contributed by atoms with Gasteiger partial charge < -0.3 is 15.2 Å². The van der Waals surface area contributed by atoms with Crippen molar-refractivity contribution in [2.24, 2.45) is 5.73 Å². The summed E-state index contributed by atoms with van der Waals surface area (Å²) in [5.41, 5.74) is 7.57. The molecule has 20 heavy (non-hydrogen) atoms. The lowest BCUT2D eigenvalue weighted by Gasteiger charge is -2.35. The average Bonchev–Trinajstić information content (AvgIpc) is 2.50. The molecule has 4 nitrogen and oxygen atoms in total. The first-order valence-electron chi connectivity index (χ1n) is 7.30. The smallest absolute Gasteiger partial charge is 0.119 e. The van der Waals surface area contributed by atoms with Gasteiger partial charge >= 0.3 is 0 Å². The first-order chi connectivity index (χ1) is 9.67. The molecule has 1 aromatic carbocycles. The fraction of sp³-hybridized carbons (Fsp3) is 0.625. The molecule has 0 saturated carbocycles. The van der Waals surface area contributed by atoms with Gasteiger partial charge in [0.1, 0.15) is 5.75 Å². The maximum atomic E-state index is 6.37. The summed E-state index contributed by atoms with van der Waals surface area (Å²) < 4.78 is 10.5. The second kappa shape index (κ2) is 8.95. The highest BCUT2D eigenvalue weighted by atomic mass is 16.5. The zero-order valence-corrected chi connectivity index (χ0v) is 13.1. The van der Waals surface area contributed by atoms with Crippen LogP contribution in [0, 0.1) is 0 Å². The van der Waals surface area contributed by atoms with Crippen LogP contribution in [0.25, 0.3) is 0 Å². The molecule has 0 amide bonds. The van der Waals surface area contributed by atoms with Gasteiger partial charge in [-0.1, -0.05) is 26.0 Å². The number of benzene rings is 1. The minimum atomic E-state index is 0.0962. The molecule has 2 atom stereocenters. The number of ether oxygens (including phenoxy) is 2. The standard InChI is InChI=1S/C16H28N2O2/c1-5-15(17)16(18(6-2)10-11-19-3)13-8-7-9-14(12-13)20-4/h7-9,12,15-16H,5-6,10-11,17H2,1-4H3. The molecule has 0 aromatic heterocycles. The summed E-state index contributed by atoms with van der Waals surface area (Å²) in [6, 6.07) is 8.47. The van der Waals surface area contributed by atoms with Crippen molar-refractivity contribution in [3.63, 3.8) is 0 Å². The Morgan fingerprint density at radius 2 is 2.00 bits per heavy atom. The molecule has 0 bridgehead atoms. The lowest BCUT2D eigenvalue weighted by Crippen LogP contribution is -2.42. The fourth-order valence-corrected chi connectivity index (χ4v) is 2.48. The van der Waals surface area contributed by atoms with Crippen LogP contribution < -0.4 is 10.5 Å². The topological polar surface area (TPSA) is 47.7 Å². The van der Waals surface area contributed by atoms with Crippen LogP contribution in [0.15, 0.2) is 24.3 Å². The zero-order valence-electron chi connectivity index (χ0n) is 13.1. The van der Waals surface area contributed by atoms with Crippen LogP contribution in [0.3, 0.4) is 0 Å². The van der Waals surface area contributed by atoms with Gasteiger partial charge in [0, 0.05) is 19.7 Å². The van der Waals surface area contributed by atoms with Gasteiger partial charge in [-0.05, 0) is 30.7 Å². The summed E-state index contributed by atoms with van der Waals surface area (Å²) in [5, 5.41) is 0. The van der Waals surface area contributed by atoms with E-state index >= 15 is 0 Å². The molecule has 0 heterocycles. The largest absolute Gasteiger partial charge is 0.497 e. The molecule has 2 N–H and O–H groups in total. The highest BCUT2D eigenvalue weighted by molar-refractivity contribution is 5.31. The molecule has 1 rings (SSSR count). The Morgan fingerprint density at radius 1 is 1.25 bits per heavy atom. The van der Waals surface area contributed by atoms with E-state index in [1.54, 1.807) is 14.2 Å². The normalized spacial score (nSPS) is 14.3. The van der Waals surface area contributed by atoms with Crippen molar-refractivity contribution in [1.82, 2.24) is 4.90 Å². The van der Waals surface area contributed by atoms with Gasteiger partial charge in [0.15, 0.2) is 0 Å². The number of hydrogen-bond donors (Lipinski definition) is 1. The van der Waals surface area contributed by atoms with Gasteiger partial charge in [-0.3, -0.25) is 4.90 Å². The quantitative estimate of drug-likeness (QED) is 0.755. The molecule has 0 fully saturated rings. The number of likely N-dealkylation sites (N-methyl/N-ethyl adjacent to an activating group) is 1. The molecule has 0 saturated heterocycles. The summed E-state index contributed by atoms with van der Waals surface area (Å²) >= 11 is 0. The molecule has 1 aromatic rings. The Kier molecular flexibility index (Phi) is 7.59. The number of nitrogens with two attached hydrogens (primary N) is 1. The van der Waals surface area contributed by atoms with E-state index in [4.69, 9.17) is 15.2 Å². The number of nitrogens with zero attached hydrogens (tertiary/aromatic N) is 1. The number of hydrogen-bond acceptors (Lipinski definition) is 4. The monoisotopic (exact) mass is 280 g/mol. The summed E-state index contributed by atoms with van der Waals surface area (Å²) in [6.07, 6.45) is 0.936. The summed E-state index contributed by atoms with van der Waals surface area (Å²) in [4.78, 5) is 2.37. The van der Waals surface area contributed by atoms with Crippen molar-refractivity contribution in [3.8, 4) is 5.75 Å². The lowest BCUT2D eigenvalue weighted by molar-refractivity contribution is 0.112. The van der Waals surface area contributed by atoms with Crippen LogP contribution in [0.5, 0.6) is 5.75 Å². The Labute approximate surface area is 122 Å². The molecule has 2 unspecified atom stereocenters. The maximum absolute atomic E-state index is 6.37. The maximum Gasteiger partial charge on any atom is 0.119 e. The van der Waals surface area contributed by atoms with Crippen molar-refractivity contribution in [2.75, 3.05) is 33.9 Å². The van der Waals surface area contributed by atoms with Crippen molar-refractivity contribution in [2.45, 2.75) is 32.4 Å². The number of methoxy groups -OCH3 is 2. The van der Waals surface area contributed by atoms with Gasteiger partial charge in [0.25, 0.3) is 0 Å². The third kappa shape index (κ3) is 4.47. The Balaban J connectivity index is 3.02. The third-order valence-corrected chi connectivity index (χ3v) is 3.69. The molecule has 0 aliphatic rings. The Morgan fingerprint density at radius 3 is 2.55 bits per heavy atom. The van der Waals surface area contributed by atoms with E-state index in [1.165, 1.54) is 5.56 Å². The summed E-state index contributed by atoms with van der Waals surface area (Å²) in [7, 11) is 3.42. The van der Waals surface area contributed by atoms with Crippen LogP contribution in [0.2, 0.25) is 0 Å². The zero-order chi connectivity index (χ0) is 15.0. The predicted molar refractivity (Wildman–Crippen MR) is 83.1 cm³/mol. The fourth-order valence-electron chi connectivity index (χ4n) is 2.48. The second-order valence-electron chi connectivity index (χ2n) is 4.91. The van der Waals surface area contributed by atoms with Crippen molar-refractivity contribution in [3.05, 3.63) is 29.8 Å². The highest BCUT2D eigenvalue weighted by Crippen LogP contribution is 2.27. The lowest BCUT2D eigenvalue weighted by atomic mass is 9.96. The van der Waals surface area contributed by atoms with Crippen LogP contribution in [-0.2, 0) is 4.74 Å². The van der Waals surface area contributed by atoms with E-state index in [9.17, 15) is 0 Å². The van der Waals surface area contributed by atoms with Gasteiger partial charge in [-0.25, -0.2) is 0 Å². The van der Waals surface area contributed by atoms with E-state index < -0.39 is 0 Å². The van der Waals surface area contributed by atoms with Gasteiger partial charge in [0.05, 0.1) is 19.8 Å². The minimum absolute atomic E-state index is 0.0962. The molecular formula is C16H28N2O2. The first kappa shape index (κ1) is 17.0. The van der Waals surface area contributed by atoms with Crippen molar-refractivity contribution in [1.29, 1.82) is 0 Å². The summed E-state index contributed by atoms with van der Waals surface area (Å²) in [5.74, 6) is 0.874. The highest BCUT2D eigenvalue weighted by Gasteiger charge is 2.24. The van der Waals surface area contributed by atoms with E-state index in [0.717, 1.165) is 25.3 Å². The van der Waals surface area contributed by atoms with Gasteiger partial charge in [-0.15, -0.1) is 0 Å². The molecule has 0 aliphatic carbocycles. The van der Waals surface area contributed by atoms with E-state index in [2.05, 4.69) is 30.9 Å². The predicted octanol–water partition coefficient (Wildman–Crippen LogP) is 2.44. The van der Waals surface area contributed by atoms with Crippen LogP contribution in [-0.4, -0.2) is 44.9 Å². The Hall–Kier alpha value is -1.10. The van der Waals surface area contributed by atoms with Crippen LogP contribution in [0.1, 0.15) is 31.9 Å². The SMILES string of the molecule is CCC(N)C(c1cccc(OC)c1)N(CC)CCOC. The van der Waals surface area contributed by atoms with Crippen LogP contribution in [0.4, 0.5) is 0 Å². The molecule has 114 valence electrons. The van der Waals surface area contributed by atoms with E-state index in [-0.39, 0.29) is 12.1 Å². The molecule has 0 aliphatic heterocycles. The Bertz CT molecular complexity index is 384. The van der Waals surface area contributed by atoms with Gasteiger partial charge in [-0.2, -0.15) is 0 Å². The molecule has 0 radical (unpaired) electrons. The van der Waals surface area contributed by atoms with Crippen molar-refractivity contribution >= 4 is 0 Å². The third-order valence-electron chi connectivity index (χ3n) is 3.69. The summed E-state index contributed by atoms with van der Waals surface area (Å²) in [6.45, 7) is 6.82. The molecule has 4 heteroatoms. The van der Waals surface area contributed by atoms with Crippen molar-refractivity contribution < 1.29 is 9.47 Å².